The molecule has 0 aromatic carbocycles. The van der Waals surface area contributed by atoms with Gasteiger partial charge in [0.25, 0.3) is 0 Å². The lowest BCUT2D eigenvalue weighted by Crippen LogP contribution is -2.30. The van der Waals surface area contributed by atoms with E-state index in [2.05, 4.69) is 16.8 Å². The van der Waals surface area contributed by atoms with Gasteiger partial charge in [-0.25, -0.2) is 14.5 Å². The average molecular weight is 377 g/mol. The highest BCUT2D eigenvalue weighted by Gasteiger charge is 2.18. The Bertz CT molecular complexity index is 1030. The van der Waals surface area contributed by atoms with Gasteiger partial charge in [0.15, 0.2) is 5.82 Å². The van der Waals surface area contributed by atoms with E-state index in [9.17, 15) is 4.79 Å². The first-order chi connectivity index (χ1) is 13.6. The van der Waals surface area contributed by atoms with Gasteiger partial charge in [-0.3, -0.25) is 9.48 Å². The summed E-state index contributed by atoms with van der Waals surface area (Å²) in [6.07, 6.45) is 13.5. The fraction of sp³-hybridized carbons (Fsp3) is 0.350. The molecule has 1 atom stereocenters. The van der Waals surface area contributed by atoms with E-state index in [1.165, 1.54) is 6.08 Å². The van der Waals surface area contributed by atoms with Crippen molar-refractivity contribution in [1.29, 1.82) is 0 Å². The first-order valence-corrected chi connectivity index (χ1v) is 9.43. The molecule has 8 heteroatoms. The number of aromatic nitrogens is 5. The maximum Gasteiger partial charge on any atom is 0.245 e. The fourth-order valence-corrected chi connectivity index (χ4v) is 3.49. The predicted molar refractivity (Wildman–Crippen MR) is 107 cm³/mol. The van der Waals surface area contributed by atoms with E-state index >= 15 is 0 Å². The molecule has 0 bridgehead atoms. The number of carbonyl (C=O) groups is 1. The van der Waals surface area contributed by atoms with Crippen molar-refractivity contribution in [3.63, 3.8) is 0 Å². The molecule has 1 aliphatic rings. The molecule has 0 radical (unpaired) electrons. The lowest BCUT2D eigenvalue weighted by atomic mass is 10.0. The molecule has 0 saturated carbocycles. The lowest BCUT2D eigenvalue weighted by Gasteiger charge is -2.17. The molecular weight excluding hydrogens is 354 g/mol. The van der Waals surface area contributed by atoms with Crippen LogP contribution in [-0.2, 0) is 11.8 Å². The topological polar surface area (TPSA) is 80.7 Å². The maximum absolute atomic E-state index is 11.8. The van der Waals surface area contributed by atoms with Crippen LogP contribution in [0.1, 0.15) is 19.3 Å². The molecule has 8 nitrogen and oxygen atoms in total. The van der Waals surface area contributed by atoms with E-state index in [-0.39, 0.29) is 5.91 Å². The highest BCUT2D eigenvalue weighted by Crippen LogP contribution is 2.25. The number of hydrogen-bond acceptors (Lipinski definition) is 5. The van der Waals surface area contributed by atoms with Crippen LogP contribution in [-0.4, -0.2) is 54.5 Å². The van der Waals surface area contributed by atoms with Crippen LogP contribution in [0.25, 0.3) is 16.8 Å². The number of hydrogen-bond donors (Lipinski definition) is 0. The smallest absolute Gasteiger partial charge is 0.245 e. The Kier molecular flexibility index (Phi) is 5.01. The second-order valence-corrected chi connectivity index (χ2v) is 7.01. The Morgan fingerprint density at radius 2 is 2.18 bits per heavy atom. The highest BCUT2D eigenvalue weighted by molar-refractivity contribution is 5.87. The summed E-state index contributed by atoms with van der Waals surface area (Å²) in [6, 6.07) is 1.91. The normalized spacial score (nSPS) is 17.9. The quantitative estimate of drug-likeness (QED) is 0.517. The highest BCUT2D eigenvalue weighted by atomic mass is 16.2. The number of carbonyl (C=O) groups excluding carboxylic acids is 1. The Morgan fingerprint density at radius 1 is 1.29 bits per heavy atom. The predicted octanol–water partition coefficient (Wildman–Crippen LogP) is 2.65. The number of likely N-dealkylation sites (tertiary alicyclic amines) is 1. The van der Waals surface area contributed by atoms with Crippen LogP contribution in [0.3, 0.4) is 0 Å². The molecule has 1 aliphatic heterocycles. The summed E-state index contributed by atoms with van der Waals surface area (Å²) in [4.78, 5) is 23.1. The van der Waals surface area contributed by atoms with Crippen LogP contribution in [0.4, 0.5) is 5.82 Å². The van der Waals surface area contributed by atoms with Crippen molar-refractivity contribution in [2.75, 3.05) is 13.1 Å². The van der Waals surface area contributed by atoms with Crippen molar-refractivity contribution < 1.29 is 4.79 Å². The number of aryl methyl sites for hydroxylation is 1. The molecule has 144 valence electrons. The van der Waals surface area contributed by atoms with Crippen LogP contribution in [0.2, 0.25) is 0 Å². The molecule has 3 aromatic heterocycles. The van der Waals surface area contributed by atoms with Crippen molar-refractivity contribution >= 4 is 23.5 Å². The summed E-state index contributed by atoms with van der Waals surface area (Å²) in [5.41, 5.74) is 2.56. The number of fused-ring (bicyclic) bond motifs is 1. The van der Waals surface area contributed by atoms with Crippen molar-refractivity contribution in [3.8, 4) is 11.3 Å². The summed E-state index contributed by atoms with van der Waals surface area (Å²) in [5, 5.41) is 8.56. The van der Waals surface area contributed by atoms with Crippen molar-refractivity contribution in [2.45, 2.75) is 19.3 Å². The number of amides is 1. The third-order valence-electron chi connectivity index (χ3n) is 5.04. The fourth-order valence-electron chi connectivity index (χ4n) is 3.49. The minimum Gasteiger partial charge on any atom is -0.339 e. The van der Waals surface area contributed by atoms with Crippen LogP contribution in [0.5, 0.6) is 0 Å². The molecule has 0 N–H and O–H groups in total. The molecule has 28 heavy (non-hydrogen) atoms. The number of aliphatic imine (C=N–C) groups is 1. The van der Waals surface area contributed by atoms with Gasteiger partial charge in [-0.05, 0) is 37.3 Å². The third-order valence-corrected chi connectivity index (χ3v) is 5.04. The Morgan fingerprint density at radius 3 is 2.96 bits per heavy atom. The van der Waals surface area contributed by atoms with Gasteiger partial charge < -0.3 is 4.90 Å². The largest absolute Gasteiger partial charge is 0.339 e. The molecular formula is C20H23N7O. The summed E-state index contributed by atoms with van der Waals surface area (Å²) < 4.78 is 3.54. The number of rotatable bonds is 4. The van der Waals surface area contributed by atoms with E-state index in [1.54, 1.807) is 21.6 Å². The van der Waals surface area contributed by atoms with E-state index in [4.69, 9.17) is 9.98 Å². The van der Waals surface area contributed by atoms with Crippen LogP contribution in [0.15, 0.2) is 48.5 Å². The Labute approximate surface area is 163 Å². The monoisotopic (exact) mass is 377 g/mol. The van der Waals surface area contributed by atoms with E-state index in [0.29, 0.717) is 11.7 Å². The van der Waals surface area contributed by atoms with Gasteiger partial charge in [0, 0.05) is 38.1 Å². The van der Waals surface area contributed by atoms with Gasteiger partial charge >= 0.3 is 0 Å². The maximum atomic E-state index is 11.8. The van der Waals surface area contributed by atoms with E-state index < -0.39 is 0 Å². The standard InChI is InChI=1S/C20H23N7O/c1-3-19(28)26-9-4-5-15(7-10-26)11-21-20-18-6-8-22-27(18)14-17(24-20)16-12-23-25(2)13-16/h3,6,8,11-15H,1,4-5,7,9-10H2,2H3/b21-11-. The molecule has 0 aliphatic carbocycles. The first kappa shape index (κ1) is 18.1. The molecule has 4 heterocycles. The molecule has 1 fully saturated rings. The lowest BCUT2D eigenvalue weighted by molar-refractivity contribution is -0.125. The van der Waals surface area contributed by atoms with Gasteiger partial charge in [-0.1, -0.05) is 6.58 Å². The van der Waals surface area contributed by atoms with Crippen LogP contribution >= 0.6 is 0 Å². The summed E-state index contributed by atoms with van der Waals surface area (Å²) >= 11 is 0. The zero-order chi connectivity index (χ0) is 19.5. The second kappa shape index (κ2) is 7.75. The van der Waals surface area contributed by atoms with Gasteiger partial charge in [0.1, 0.15) is 5.52 Å². The van der Waals surface area contributed by atoms with Crippen molar-refractivity contribution in [1.82, 2.24) is 29.3 Å². The number of nitrogens with zero attached hydrogens (tertiary/aromatic N) is 7. The Balaban J connectivity index is 1.58. The second-order valence-electron chi connectivity index (χ2n) is 7.01. The van der Waals surface area contributed by atoms with Crippen LogP contribution in [0, 0.1) is 5.92 Å². The first-order valence-electron chi connectivity index (χ1n) is 9.43. The molecule has 1 saturated heterocycles. The SMILES string of the molecule is C=CC(=O)N1CCCC(/C=N\c2nc(-c3cnn(C)c3)cn3nccc23)CC1. The minimum atomic E-state index is 0.00407. The molecule has 1 amide bonds. The van der Waals surface area contributed by atoms with E-state index in [0.717, 1.165) is 49.1 Å². The summed E-state index contributed by atoms with van der Waals surface area (Å²) in [6.45, 7) is 5.08. The minimum absolute atomic E-state index is 0.00407. The summed E-state index contributed by atoms with van der Waals surface area (Å²) in [5.74, 6) is 0.959. The molecule has 1 unspecified atom stereocenters. The summed E-state index contributed by atoms with van der Waals surface area (Å²) in [7, 11) is 1.88. The average Bonchev–Trinajstić information content (AvgIpc) is 3.29. The van der Waals surface area contributed by atoms with Crippen LogP contribution < -0.4 is 0 Å². The van der Waals surface area contributed by atoms with Gasteiger partial charge in [-0.15, -0.1) is 0 Å². The zero-order valence-corrected chi connectivity index (χ0v) is 15.9. The van der Waals surface area contributed by atoms with Gasteiger partial charge in [0.05, 0.1) is 24.3 Å². The van der Waals surface area contributed by atoms with E-state index in [1.807, 2.05) is 36.6 Å². The molecule has 0 spiro atoms. The van der Waals surface area contributed by atoms with Crippen molar-refractivity contribution in [3.05, 3.63) is 43.5 Å². The Hall–Kier alpha value is -3.29. The van der Waals surface area contributed by atoms with Gasteiger partial charge in [-0.2, -0.15) is 10.2 Å². The third kappa shape index (κ3) is 3.71. The molecule has 3 aromatic rings. The van der Waals surface area contributed by atoms with Gasteiger partial charge in [0.2, 0.25) is 5.91 Å². The van der Waals surface area contributed by atoms with Crippen molar-refractivity contribution in [2.24, 2.45) is 18.0 Å². The molecule has 4 rings (SSSR count). The zero-order valence-electron chi connectivity index (χ0n) is 15.9.